The lowest BCUT2D eigenvalue weighted by Crippen LogP contribution is -2.37. The molecule has 4 heterocycles. The third-order valence-corrected chi connectivity index (χ3v) is 7.75. The number of hydrogen-bond donors (Lipinski definition) is 2. The molecule has 42 heavy (non-hydrogen) atoms. The number of sulfonamides is 1. The Morgan fingerprint density at radius 1 is 1.05 bits per heavy atom. The third-order valence-electron chi connectivity index (χ3n) is 6.39. The van der Waals surface area contributed by atoms with Crippen LogP contribution in [0.5, 0.6) is 0 Å². The van der Waals surface area contributed by atoms with Crippen LogP contribution in [0.2, 0.25) is 0 Å². The molecule has 16 heteroatoms. The number of pyridine rings is 2. The van der Waals surface area contributed by atoms with Crippen molar-refractivity contribution in [1.29, 1.82) is 0 Å². The quantitative estimate of drug-likeness (QED) is 0.278. The van der Waals surface area contributed by atoms with Crippen molar-refractivity contribution in [2.75, 3.05) is 54.1 Å². The van der Waals surface area contributed by atoms with Gasteiger partial charge in [0.15, 0.2) is 17.5 Å². The van der Waals surface area contributed by atoms with Gasteiger partial charge in [0.25, 0.3) is 0 Å². The summed E-state index contributed by atoms with van der Waals surface area (Å²) in [5, 5.41) is 0. The molecule has 0 spiro atoms. The Bertz CT molecular complexity index is 1730. The number of hydrogen-bond acceptors (Lipinski definition) is 9. The monoisotopic (exact) mass is 609 g/mol. The first-order chi connectivity index (χ1) is 20.0. The predicted octanol–water partition coefficient (Wildman–Crippen LogP) is 4.43. The van der Waals surface area contributed by atoms with E-state index < -0.39 is 40.0 Å². The molecule has 4 aromatic rings. The van der Waals surface area contributed by atoms with Crippen molar-refractivity contribution < 1.29 is 35.1 Å². The molecule has 10 nitrogen and oxygen atoms in total. The Morgan fingerprint density at radius 2 is 1.81 bits per heavy atom. The zero-order valence-electron chi connectivity index (χ0n) is 21.8. The molecule has 0 saturated carbocycles. The number of nitrogen functional groups attached to an aromatic ring is 1. The Morgan fingerprint density at radius 3 is 2.52 bits per heavy atom. The third kappa shape index (κ3) is 6.18. The van der Waals surface area contributed by atoms with Crippen LogP contribution in [0.25, 0.3) is 33.7 Å². The van der Waals surface area contributed by atoms with Crippen LogP contribution in [0.4, 0.5) is 39.3 Å². The van der Waals surface area contributed by atoms with Crippen LogP contribution in [0, 0.1) is 5.82 Å². The smallest absolute Gasteiger partial charge is 0.384 e. The van der Waals surface area contributed by atoms with Gasteiger partial charge in [-0.15, -0.1) is 0 Å². The number of ether oxygens (including phenoxy) is 1. The van der Waals surface area contributed by atoms with E-state index in [1.807, 2.05) is 0 Å². The number of alkyl halides is 4. The van der Waals surface area contributed by atoms with E-state index in [0.29, 0.717) is 32.4 Å². The minimum atomic E-state index is -4.76. The summed E-state index contributed by atoms with van der Waals surface area (Å²) in [4.78, 5) is 18.9. The molecule has 0 atom stereocenters. The van der Waals surface area contributed by atoms with Gasteiger partial charge in [-0.3, -0.25) is 9.11 Å². The fourth-order valence-corrected chi connectivity index (χ4v) is 5.50. The number of nitrogens with two attached hydrogens (primary N) is 1. The maximum Gasteiger partial charge on any atom is 0.417 e. The first-order valence-electron chi connectivity index (χ1n) is 12.7. The fraction of sp³-hybridized carbons (Fsp3) is 0.308. The molecule has 1 saturated heterocycles. The van der Waals surface area contributed by atoms with Gasteiger partial charge in [-0.1, -0.05) is 6.07 Å². The molecule has 0 unspecified atom stereocenters. The zero-order valence-corrected chi connectivity index (χ0v) is 22.6. The molecule has 3 aromatic heterocycles. The highest BCUT2D eigenvalue weighted by Crippen LogP contribution is 2.38. The number of nitrogens with one attached hydrogen (secondary N) is 1. The highest BCUT2D eigenvalue weighted by atomic mass is 32.2. The molecule has 222 valence electrons. The molecule has 0 radical (unpaired) electrons. The van der Waals surface area contributed by atoms with Gasteiger partial charge in [-0.05, 0) is 36.8 Å². The van der Waals surface area contributed by atoms with Crippen molar-refractivity contribution in [2.24, 2.45) is 0 Å². The van der Waals surface area contributed by atoms with Crippen LogP contribution in [0.3, 0.4) is 0 Å². The Balaban J connectivity index is 1.64. The van der Waals surface area contributed by atoms with Gasteiger partial charge < -0.3 is 15.4 Å². The largest absolute Gasteiger partial charge is 0.417 e. The number of nitrogens with zero attached hydrogens (tertiary/aromatic N) is 5. The number of aromatic nitrogens is 4. The molecule has 0 bridgehead atoms. The Labute approximate surface area is 236 Å². The van der Waals surface area contributed by atoms with Crippen LogP contribution in [0.15, 0.2) is 42.6 Å². The van der Waals surface area contributed by atoms with E-state index in [4.69, 9.17) is 10.5 Å². The highest BCUT2D eigenvalue weighted by Gasteiger charge is 2.35. The summed E-state index contributed by atoms with van der Waals surface area (Å²) < 4.78 is 102. The lowest BCUT2D eigenvalue weighted by Gasteiger charge is -2.28. The van der Waals surface area contributed by atoms with Crippen LogP contribution in [-0.2, 0) is 20.9 Å². The van der Waals surface area contributed by atoms with E-state index in [0.717, 1.165) is 6.20 Å². The molecule has 5 rings (SSSR count). The highest BCUT2D eigenvalue weighted by molar-refractivity contribution is 7.92. The van der Waals surface area contributed by atoms with E-state index in [1.165, 1.54) is 30.3 Å². The number of benzene rings is 1. The normalized spacial score (nSPS) is 14.4. The summed E-state index contributed by atoms with van der Waals surface area (Å²) in [7, 11) is -4.00. The van der Waals surface area contributed by atoms with Crippen molar-refractivity contribution in [2.45, 2.75) is 12.6 Å². The van der Waals surface area contributed by atoms with Crippen molar-refractivity contribution in [3.8, 4) is 22.6 Å². The standard InChI is InChI=1S/C26H24F5N7O3S/c27-7-2-12-42(39,40)37-19-4-1-3-15(22(19)28)18-5-6-20-23(34-18)25(38-8-10-41-11-9-38)36-24(35-20)16-14-33-21(32)13-17(16)26(29,30)31/h1,3-6,13-14,37H,2,7-12H2,(H2,32,33). The number of rotatable bonds is 8. The molecule has 1 fully saturated rings. The maximum atomic E-state index is 15.5. The van der Waals surface area contributed by atoms with Gasteiger partial charge in [0.1, 0.15) is 11.3 Å². The number of halogens is 5. The Kier molecular flexibility index (Phi) is 8.10. The molecule has 1 aliphatic rings. The van der Waals surface area contributed by atoms with Crippen molar-refractivity contribution in [3.05, 3.63) is 54.0 Å². The van der Waals surface area contributed by atoms with Gasteiger partial charge in [0.2, 0.25) is 10.0 Å². The summed E-state index contributed by atoms with van der Waals surface area (Å²) in [6.45, 7) is 0.530. The molecule has 1 aromatic carbocycles. The fourth-order valence-electron chi connectivity index (χ4n) is 4.42. The lowest BCUT2D eigenvalue weighted by atomic mass is 10.1. The van der Waals surface area contributed by atoms with Gasteiger partial charge in [-0.25, -0.2) is 32.7 Å². The molecule has 1 aliphatic heterocycles. The minimum absolute atomic E-state index is 0.0540. The second kappa shape index (κ2) is 11.6. The molecular formula is C26H24F5N7O3S. The van der Waals surface area contributed by atoms with Gasteiger partial charge >= 0.3 is 6.18 Å². The topological polar surface area (TPSA) is 136 Å². The zero-order chi connectivity index (χ0) is 30.1. The van der Waals surface area contributed by atoms with Gasteiger partial charge in [0.05, 0.1) is 48.1 Å². The summed E-state index contributed by atoms with van der Waals surface area (Å²) in [5.41, 5.74) is 4.15. The van der Waals surface area contributed by atoms with Gasteiger partial charge in [-0.2, -0.15) is 13.2 Å². The first kappa shape index (κ1) is 29.3. The number of morpholine rings is 1. The second-order valence-electron chi connectivity index (χ2n) is 9.32. The van der Waals surface area contributed by atoms with E-state index in [2.05, 4.69) is 24.7 Å². The van der Waals surface area contributed by atoms with E-state index >= 15 is 4.39 Å². The second-order valence-corrected chi connectivity index (χ2v) is 11.2. The van der Waals surface area contributed by atoms with E-state index in [1.54, 1.807) is 4.90 Å². The van der Waals surface area contributed by atoms with Crippen molar-refractivity contribution >= 4 is 38.4 Å². The summed E-state index contributed by atoms with van der Waals surface area (Å²) in [6, 6.07) is 7.62. The average Bonchev–Trinajstić information content (AvgIpc) is 2.96. The summed E-state index contributed by atoms with van der Waals surface area (Å²) in [6.07, 6.45) is -4.05. The average molecular weight is 610 g/mol. The SMILES string of the molecule is Nc1cc(C(F)(F)F)c(-c2nc(N3CCOCC3)c3nc(-c4cccc(NS(=O)(=O)CCCF)c4F)ccc3n2)cn1. The summed E-state index contributed by atoms with van der Waals surface area (Å²) in [5.74, 6) is -1.81. The van der Waals surface area contributed by atoms with Crippen molar-refractivity contribution in [3.63, 3.8) is 0 Å². The Hall–Kier alpha value is -4.18. The van der Waals surface area contributed by atoms with E-state index in [-0.39, 0.29) is 57.4 Å². The van der Waals surface area contributed by atoms with Crippen LogP contribution < -0.4 is 15.4 Å². The minimum Gasteiger partial charge on any atom is -0.384 e. The van der Waals surface area contributed by atoms with Crippen molar-refractivity contribution in [1.82, 2.24) is 19.9 Å². The van der Waals surface area contributed by atoms with E-state index in [9.17, 15) is 26.0 Å². The van der Waals surface area contributed by atoms with Gasteiger partial charge in [0, 0.05) is 30.4 Å². The van der Waals surface area contributed by atoms with Crippen LogP contribution in [-0.4, -0.2) is 67.1 Å². The lowest BCUT2D eigenvalue weighted by molar-refractivity contribution is -0.137. The molecule has 0 amide bonds. The molecular weight excluding hydrogens is 585 g/mol. The number of fused-ring (bicyclic) bond motifs is 1. The van der Waals surface area contributed by atoms with Crippen LogP contribution >= 0.6 is 0 Å². The predicted molar refractivity (Wildman–Crippen MR) is 146 cm³/mol. The van der Waals surface area contributed by atoms with Crippen LogP contribution in [0.1, 0.15) is 12.0 Å². The molecule has 3 N–H and O–H groups in total. The number of anilines is 3. The maximum absolute atomic E-state index is 15.5. The first-order valence-corrected chi connectivity index (χ1v) is 14.3. The molecule has 0 aliphatic carbocycles. The summed E-state index contributed by atoms with van der Waals surface area (Å²) >= 11 is 0.